The summed E-state index contributed by atoms with van der Waals surface area (Å²) in [6.07, 6.45) is 4.09. The third kappa shape index (κ3) is 3.65. The number of carbonyl (C=O) groups excluding carboxylic acids is 1. The van der Waals surface area contributed by atoms with Gasteiger partial charge in [-0.05, 0) is 30.7 Å². The third-order valence-electron chi connectivity index (χ3n) is 3.05. The van der Waals surface area contributed by atoms with E-state index in [1.165, 1.54) is 17.4 Å². The molecule has 2 aromatic rings. The van der Waals surface area contributed by atoms with Crippen LogP contribution in [0.2, 0.25) is 0 Å². The van der Waals surface area contributed by atoms with Crippen molar-refractivity contribution < 1.29 is 14.3 Å². The predicted molar refractivity (Wildman–Crippen MR) is 86.6 cm³/mol. The molecule has 5 nitrogen and oxygen atoms in total. The number of ether oxygens (including phenoxy) is 2. The molecule has 1 aromatic carbocycles. The largest absolute Gasteiger partial charge is 0.490 e. The van der Waals surface area contributed by atoms with E-state index in [1.807, 2.05) is 30.5 Å². The molecule has 0 saturated heterocycles. The van der Waals surface area contributed by atoms with Crippen molar-refractivity contribution in [3.8, 4) is 11.5 Å². The zero-order valence-electron chi connectivity index (χ0n) is 12.2. The molecule has 0 fully saturated rings. The van der Waals surface area contributed by atoms with Crippen LogP contribution in [-0.4, -0.2) is 24.1 Å². The minimum Gasteiger partial charge on any atom is -0.490 e. The van der Waals surface area contributed by atoms with Crippen LogP contribution in [-0.2, 0) is 4.79 Å². The van der Waals surface area contributed by atoms with E-state index in [-0.39, 0.29) is 5.91 Å². The Morgan fingerprint density at radius 1 is 1.32 bits per heavy atom. The summed E-state index contributed by atoms with van der Waals surface area (Å²) in [5.41, 5.74) is 1.78. The molecule has 0 aliphatic carbocycles. The average molecular weight is 316 g/mol. The lowest BCUT2D eigenvalue weighted by atomic mass is 10.2. The Morgan fingerprint density at radius 3 is 2.91 bits per heavy atom. The van der Waals surface area contributed by atoms with E-state index >= 15 is 0 Å². The third-order valence-corrected chi connectivity index (χ3v) is 3.92. The fraction of sp³-hybridized carbons (Fsp3) is 0.250. The predicted octanol–water partition coefficient (Wildman–Crippen LogP) is 3.26. The first-order valence-corrected chi connectivity index (χ1v) is 7.89. The van der Waals surface area contributed by atoms with Gasteiger partial charge in [-0.3, -0.25) is 10.1 Å². The highest BCUT2D eigenvalue weighted by Gasteiger charge is 2.10. The monoisotopic (exact) mass is 316 g/mol. The molecule has 1 N–H and O–H groups in total. The minimum absolute atomic E-state index is 0.207. The van der Waals surface area contributed by atoms with Gasteiger partial charge in [-0.25, -0.2) is 4.98 Å². The number of hydrogen-bond acceptors (Lipinski definition) is 5. The number of aryl methyl sites for hydroxylation is 1. The number of aromatic nitrogens is 1. The summed E-state index contributed by atoms with van der Waals surface area (Å²) in [5.74, 6) is 1.26. The Hall–Kier alpha value is -2.34. The van der Waals surface area contributed by atoms with Gasteiger partial charge < -0.3 is 9.47 Å². The zero-order chi connectivity index (χ0) is 15.4. The second-order valence-corrected chi connectivity index (χ2v) is 5.73. The van der Waals surface area contributed by atoms with E-state index < -0.39 is 0 Å². The van der Waals surface area contributed by atoms with Gasteiger partial charge in [0.05, 0.1) is 18.9 Å². The first kappa shape index (κ1) is 14.6. The van der Waals surface area contributed by atoms with Crippen LogP contribution in [0.25, 0.3) is 6.08 Å². The van der Waals surface area contributed by atoms with Gasteiger partial charge in [0, 0.05) is 17.9 Å². The summed E-state index contributed by atoms with van der Waals surface area (Å²) in [6.45, 7) is 3.20. The van der Waals surface area contributed by atoms with E-state index in [2.05, 4.69) is 10.3 Å². The van der Waals surface area contributed by atoms with E-state index in [9.17, 15) is 4.79 Å². The highest BCUT2D eigenvalue weighted by atomic mass is 32.1. The number of nitrogens with one attached hydrogen (secondary N) is 1. The summed E-state index contributed by atoms with van der Waals surface area (Å²) in [6, 6.07) is 5.63. The molecule has 1 aliphatic heterocycles. The lowest BCUT2D eigenvalue weighted by Gasteiger charge is -2.07. The number of hydrogen-bond donors (Lipinski definition) is 1. The SMILES string of the molecule is Cc1csc(NC(=O)C=Cc2ccc3c(c2)OCCCO3)n1. The van der Waals surface area contributed by atoms with Crippen molar-refractivity contribution >= 4 is 28.5 Å². The van der Waals surface area contributed by atoms with Crippen LogP contribution in [0.5, 0.6) is 11.5 Å². The molecule has 0 bridgehead atoms. The van der Waals surface area contributed by atoms with Crippen molar-refractivity contribution in [2.24, 2.45) is 0 Å². The second kappa shape index (κ2) is 6.62. The number of rotatable bonds is 3. The number of carbonyl (C=O) groups is 1. The molecule has 0 spiro atoms. The number of amides is 1. The number of anilines is 1. The number of nitrogens with zero attached hydrogens (tertiary/aromatic N) is 1. The van der Waals surface area contributed by atoms with Crippen molar-refractivity contribution in [1.29, 1.82) is 0 Å². The Morgan fingerprint density at radius 2 is 2.14 bits per heavy atom. The van der Waals surface area contributed by atoms with Crippen molar-refractivity contribution in [1.82, 2.24) is 4.98 Å². The molecule has 1 aromatic heterocycles. The van der Waals surface area contributed by atoms with Crippen molar-refractivity contribution in [3.63, 3.8) is 0 Å². The van der Waals surface area contributed by atoms with Crippen LogP contribution in [0, 0.1) is 6.92 Å². The Labute approximate surface area is 132 Å². The maximum absolute atomic E-state index is 11.9. The maximum atomic E-state index is 11.9. The van der Waals surface area contributed by atoms with E-state index in [1.54, 1.807) is 6.08 Å². The maximum Gasteiger partial charge on any atom is 0.250 e. The van der Waals surface area contributed by atoms with Gasteiger partial charge in [-0.15, -0.1) is 11.3 Å². The lowest BCUT2D eigenvalue weighted by molar-refractivity contribution is -0.111. The summed E-state index contributed by atoms with van der Waals surface area (Å²) in [5, 5.41) is 5.23. The molecule has 1 amide bonds. The normalized spacial score (nSPS) is 13.9. The van der Waals surface area contributed by atoms with E-state index in [0.29, 0.717) is 18.3 Å². The Bertz CT molecular complexity index is 709. The molecule has 3 rings (SSSR count). The highest BCUT2D eigenvalue weighted by molar-refractivity contribution is 7.13. The molecule has 0 unspecified atom stereocenters. The van der Waals surface area contributed by atoms with Crippen LogP contribution in [0.15, 0.2) is 29.7 Å². The molecule has 114 valence electrons. The molecule has 0 atom stereocenters. The average Bonchev–Trinajstić information content (AvgIpc) is 2.78. The van der Waals surface area contributed by atoms with Gasteiger partial charge in [0.15, 0.2) is 16.6 Å². The minimum atomic E-state index is -0.207. The smallest absolute Gasteiger partial charge is 0.250 e. The Balaban J connectivity index is 1.67. The molecule has 1 aliphatic rings. The van der Waals surface area contributed by atoms with Gasteiger partial charge in [0.25, 0.3) is 0 Å². The molecule has 2 heterocycles. The van der Waals surface area contributed by atoms with Crippen LogP contribution < -0.4 is 14.8 Å². The topological polar surface area (TPSA) is 60.5 Å². The van der Waals surface area contributed by atoms with Crippen LogP contribution in [0.3, 0.4) is 0 Å². The summed E-state index contributed by atoms with van der Waals surface area (Å²) < 4.78 is 11.2. The quantitative estimate of drug-likeness (QED) is 0.883. The van der Waals surface area contributed by atoms with Gasteiger partial charge in [-0.2, -0.15) is 0 Å². The fourth-order valence-electron chi connectivity index (χ4n) is 2.01. The van der Waals surface area contributed by atoms with Crippen molar-refractivity contribution in [3.05, 3.63) is 40.9 Å². The molecule has 6 heteroatoms. The molecular weight excluding hydrogens is 300 g/mol. The van der Waals surface area contributed by atoms with Gasteiger partial charge >= 0.3 is 0 Å². The van der Waals surface area contributed by atoms with Crippen molar-refractivity contribution in [2.45, 2.75) is 13.3 Å². The van der Waals surface area contributed by atoms with E-state index in [0.717, 1.165) is 29.2 Å². The Kier molecular flexibility index (Phi) is 4.39. The summed E-state index contributed by atoms with van der Waals surface area (Å²) >= 11 is 1.41. The first-order valence-electron chi connectivity index (χ1n) is 7.01. The van der Waals surface area contributed by atoms with E-state index in [4.69, 9.17) is 9.47 Å². The number of thiazole rings is 1. The molecule has 0 saturated carbocycles. The summed E-state index contributed by atoms with van der Waals surface area (Å²) in [7, 11) is 0. The summed E-state index contributed by atoms with van der Waals surface area (Å²) in [4.78, 5) is 16.0. The lowest BCUT2D eigenvalue weighted by Crippen LogP contribution is -2.07. The number of benzene rings is 1. The van der Waals surface area contributed by atoms with Crippen LogP contribution in [0.1, 0.15) is 17.7 Å². The van der Waals surface area contributed by atoms with Gasteiger partial charge in [-0.1, -0.05) is 6.07 Å². The van der Waals surface area contributed by atoms with Gasteiger partial charge in [0.2, 0.25) is 5.91 Å². The fourth-order valence-corrected chi connectivity index (χ4v) is 2.71. The van der Waals surface area contributed by atoms with Crippen LogP contribution in [0.4, 0.5) is 5.13 Å². The molecule has 22 heavy (non-hydrogen) atoms. The molecular formula is C16H16N2O3S. The second-order valence-electron chi connectivity index (χ2n) is 4.87. The highest BCUT2D eigenvalue weighted by Crippen LogP contribution is 2.30. The van der Waals surface area contributed by atoms with Crippen molar-refractivity contribution in [2.75, 3.05) is 18.5 Å². The number of fused-ring (bicyclic) bond motifs is 1. The zero-order valence-corrected chi connectivity index (χ0v) is 13.0. The van der Waals surface area contributed by atoms with Crippen LogP contribution >= 0.6 is 11.3 Å². The standard InChI is InChI=1S/C16H16N2O3S/c1-11-10-22-16(17-11)18-15(19)6-4-12-3-5-13-14(9-12)21-8-2-7-20-13/h3-6,9-10H,2,7-8H2,1H3,(H,17,18,19). The molecule has 0 radical (unpaired) electrons. The first-order chi connectivity index (χ1) is 10.7. The van der Waals surface area contributed by atoms with Gasteiger partial charge in [0.1, 0.15) is 0 Å².